The van der Waals surface area contributed by atoms with Crippen LogP contribution >= 0.6 is 12.4 Å². The lowest BCUT2D eigenvalue weighted by molar-refractivity contribution is -0.127. The van der Waals surface area contributed by atoms with Crippen LogP contribution in [-0.2, 0) is 9.59 Å². The zero-order chi connectivity index (χ0) is 16.7. The van der Waals surface area contributed by atoms with Crippen LogP contribution in [0, 0.1) is 12.8 Å². The standard InChI is InChI=1S/C16H25N3O3.ClH/c1-10(2)15(17)16(22)19-9-14(21)18-8-13(20)12-7-5-4-6-11(12)3;/h4-7,10,13,15,20H,8-9,17H2,1-3H3,(H,18,21)(H,19,22);1H/t13?,15-;/m0./s1. The maximum atomic E-state index is 11.7. The molecule has 0 saturated heterocycles. The van der Waals surface area contributed by atoms with Crippen LogP contribution in [-0.4, -0.2) is 36.1 Å². The van der Waals surface area contributed by atoms with Crippen molar-refractivity contribution in [3.05, 3.63) is 35.4 Å². The van der Waals surface area contributed by atoms with Gasteiger partial charge in [-0.05, 0) is 24.0 Å². The smallest absolute Gasteiger partial charge is 0.239 e. The van der Waals surface area contributed by atoms with E-state index >= 15 is 0 Å². The number of carbonyl (C=O) groups excluding carboxylic acids is 2. The largest absolute Gasteiger partial charge is 0.387 e. The van der Waals surface area contributed by atoms with Crippen LogP contribution in [0.25, 0.3) is 0 Å². The Kier molecular flexibility index (Phi) is 9.48. The number of carbonyl (C=O) groups is 2. The van der Waals surface area contributed by atoms with Crippen molar-refractivity contribution >= 4 is 24.2 Å². The summed E-state index contributed by atoms with van der Waals surface area (Å²) >= 11 is 0. The van der Waals surface area contributed by atoms with E-state index in [0.29, 0.717) is 0 Å². The molecule has 1 aromatic carbocycles. The normalized spacial score (nSPS) is 13.0. The van der Waals surface area contributed by atoms with Gasteiger partial charge in [0, 0.05) is 6.54 Å². The van der Waals surface area contributed by atoms with E-state index in [4.69, 9.17) is 5.73 Å². The fourth-order valence-corrected chi connectivity index (χ4v) is 1.93. The van der Waals surface area contributed by atoms with E-state index in [-0.39, 0.29) is 43.2 Å². The fraction of sp³-hybridized carbons (Fsp3) is 0.500. The Morgan fingerprint density at radius 2 is 1.83 bits per heavy atom. The van der Waals surface area contributed by atoms with Crippen LogP contribution in [0.2, 0.25) is 0 Å². The van der Waals surface area contributed by atoms with Crippen molar-refractivity contribution in [2.75, 3.05) is 13.1 Å². The molecule has 7 heteroatoms. The van der Waals surface area contributed by atoms with Crippen molar-refractivity contribution in [1.82, 2.24) is 10.6 Å². The first-order chi connectivity index (χ1) is 10.3. The fourth-order valence-electron chi connectivity index (χ4n) is 1.93. The Bertz CT molecular complexity index is 523. The van der Waals surface area contributed by atoms with Gasteiger partial charge in [-0.15, -0.1) is 12.4 Å². The molecule has 0 fully saturated rings. The van der Waals surface area contributed by atoms with Gasteiger partial charge in [0.05, 0.1) is 18.7 Å². The zero-order valence-corrected chi connectivity index (χ0v) is 14.5. The molecule has 0 aromatic heterocycles. The number of rotatable bonds is 7. The van der Waals surface area contributed by atoms with E-state index in [1.165, 1.54) is 0 Å². The number of amides is 2. The van der Waals surface area contributed by atoms with E-state index < -0.39 is 12.1 Å². The van der Waals surface area contributed by atoms with E-state index in [0.717, 1.165) is 11.1 Å². The van der Waals surface area contributed by atoms with Crippen LogP contribution in [0.15, 0.2) is 24.3 Å². The van der Waals surface area contributed by atoms with Crippen molar-refractivity contribution in [3.8, 4) is 0 Å². The van der Waals surface area contributed by atoms with Crippen LogP contribution in [0.4, 0.5) is 0 Å². The zero-order valence-electron chi connectivity index (χ0n) is 13.7. The maximum absolute atomic E-state index is 11.7. The van der Waals surface area contributed by atoms with Crippen LogP contribution in [0.3, 0.4) is 0 Å². The summed E-state index contributed by atoms with van der Waals surface area (Å²) in [5, 5.41) is 15.1. The van der Waals surface area contributed by atoms with Gasteiger partial charge in [-0.1, -0.05) is 38.1 Å². The minimum Gasteiger partial charge on any atom is -0.387 e. The van der Waals surface area contributed by atoms with Crippen molar-refractivity contribution in [3.63, 3.8) is 0 Å². The van der Waals surface area contributed by atoms with Gasteiger partial charge in [0.2, 0.25) is 11.8 Å². The summed E-state index contributed by atoms with van der Waals surface area (Å²) in [5.41, 5.74) is 7.41. The number of aliphatic hydroxyl groups is 1. The molecule has 1 aromatic rings. The third-order valence-electron chi connectivity index (χ3n) is 3.48. The van der Waals surface area contributed by atoms with Crippen LogP contribution in [0.5, 0.6) is 0 Å². The van der Waals surface area contributed by atoms with E-state index in [2.05, 4.69) is 10.6 Å². The molecule has 0 radical (unpaired) electrons. The molecule has 0 aliphatic rings. The maximum Gasteiger partial charge on any atom is 0.239 e. The first-order valence-electron chi connectivity index (χ1n) is 7.36. The Hall–Kier alpha value is -1.63. The second-order valence-corrected chi connectivity index (χ2v) is 5.66. The predicted molar refractivity (Wildman–Crippen MR) is 92.2 cm³/mol. The second kappa shape index (κ2) is 10.2. The highest BCUT2D eigenvalue weighted by Crippen LogP contribution is 2.15. The van der Waals surface area contributed by atoms with Crippen LogP contribution < -0.4 is 16.4 Å². The third-order valence-corrected chi connectivity index (χ3v) is 3.48. The van der Waals surface area contributed by atoms with Crippen molar-refractivity contribution in [2.24, 2.45) is 11.7 Å². The van der Waals surface area contributed by atoms with Gasteiger partial charge in [-0.2, -0.15) is 0 Å². The summed E-state index contributed by atoms with van der Waals surface area (Å²) in [5.74, 6) is -0.715. The molecule has 1 unspecified atom stereocenters. The number of benzene rings is 1. The molecule has 23 heavy (non-hydrogen) atoms. The lowest BCUT2D eigenvalue weighted by Crippen LogP contribution is -2.47. The number of halogens is 1. The van der Waals surface area contributed by atoms with Crippen molar-refractivity contribution in [2.45, 2.75) is 32.9 Å². The van der Waals surface area contributed by atoms with E-state index in [1.54, 1.807) is 0 Å². The molecular weight excluding hydrogens is 318 g/mol. The average molecular weight is 344 g/mol. The summed E-state index contributed by atoms with van der Waals surface area (Å²) in [4.78, 5) is 23.3. The van der Waals surface area contributed by atoms with Crippen LogP contribution in [0.1, 0.15) is 31.1 Å². The lowest BCUT2D eigenvalue weighted by atomic mass is 10.0. The highest BCUT2D eigenvalue weighted by atomic mass is 35.5. The minimum absolute atomic E-state index is 0. The Morgan fingerprint density at radius 1 is 1.22 bits per heavy atom. The molecule has 0 aliphatic heterocycles. The number of aryl methyl sites for hydroxylation is 1. The molecule has 130 valence electrons. The molecular formula is C16H26ClN3O3. The first kappa shape index (κ1) is 21.4. The van der Waals surface area contributed by atoms with Gasteiger partial charge in [-0.3, -0.25) is 9.59 Å². The summed E-state index contributed by atoms with van der Waals surface area (Å²) in [6, 6.07) is 6.80. The Morgan fingerprint density at radius 3 is 2.39 bits per heavy atom. The molecule has 2 atom stereocenters. The number of nitrogens with one attached hydrogen (secondary N) is 2. The molecule has 1 rings (SSSR count). The summed E-state index contributed by atoms with van der Waals surface area (Å²) in [6.07, 6.45) is -0.779. The minimum atomic E-state index is -0.779. The second-order valence-electron chi connectivity index (χ2n) is 5.66. The molecule has 5 N–H and O–H groups in total. The Labute approximate surface area is 143 Å². The molecule has 0 spiro atoms. The van der Waals surface area contributed by atoms with Gasteiger partial charge in [0.25, 0.3) is 0 Å². The van der Waals surface area contributed by atoms with Crippen molar-refractivity contribution < 1.29 is 14.7 Å². The number of hydrogen-bond acceptors (Lipinski definition) is 4. The highest BCUT2D eigenvalue weighted by Gasteiger charge is 2.18. The predicted octanol–water partition coefficient (Wildman–Crippen LogP) is 0.666. The topological polar surface area (TPSA) is 104 Å². The average Bonchev–Trinajstić information content (AvgIpc) is 2.49. The van der Waals surface area contributed by atoms with E-state index in [1.807, 2.05) is 45.0 Å². The lowest BCUT2D eigenvalue weighted by Gasteiger charge is -2.16. The van der Waals surface area contributed by atoms with E-state index in [9.17, 15) is 14.7 Å². The van der Waals surface area contributed by atoms with Gasteiger partial charge in [-0.25, -0.2) is 0 Å². The summed E-state index contributed by atoms with van der Waals surface area (Å²) in [7, 11) is 0. The Balaban J connectivity index is 0.00000484. The quantitative estimate of drug-likeness (QED) is 0.584. The number of aliphatic hydroxyl groups excluding tert-OH is 1. The third kappa shape index (κ3) is 6.99. The number of nitrogens with two attached hydrogens (primary N) is 1. The van der Waals surface area contributed by atoms with Crippen molar-refractivity contribution in [1.29, 1.82) is 0 Å². The summed E-state index contributed by atoms with van der Waals surface area (Å²) < 4.78 is 0. The van der Waals surface area contributed by atoms with Gasteiger partial charge >= 0.3 is 0 Å². The molecule has 0 saturated carbocycles. The molecule has 2 amide bonds. The van der Waals surface area contributed by atoms with Gasteiger partial charge in [0.1, 0.15) is 0 Å². The first-order valence-corrected chi connectivity index (χ1v) is 7.36. The SMILES string of the molecule is Cc1ccccc1C(O)CNC(=O)CNC(=O)[C@@H](N)C(C)C.Cl. The highest BCUT2D eigenvalue weighted by molar-refractivity contribution is 5.87. The van der Waals surface area contributed by atoms with Gasteiger partial charge in [0.15, 0.2) is 0 Å². The molecule has 0 heterocycles. The van der Waals surface area contributed by atoms with Gasteiger partial charge < -0.3 is 21.5 Å². The summed E-state index contributed by atoms with van der Waals surface area (Å²) in [6.45, 7) is 5.51. The molecule has 0 bridgehead atoms. The number of hydrogen-bond donors (Lipinski definition) is 4. The molecule has 6 nitrogen and oxygen atoms in total. The molecule has 0 aliphatic carbocycles. The monoisotopic (exact) mass is 343 g/mol.